The molecule has 3 heteroatoms. The predicted octanol–water partition coefficient (Wildman–Crippen LogP) is 4.93. The molecular weight excluding hydrogens is 238 g/mol. The van der Waals surface area contributed by atoms with Crippen LogP contribution in [0.15, 0.2) is 24.3 Å². The number of hydrogen-bond donors (Lipinski definition) is 1. The van der Waals surface area contributed by atoms with Gasteiger partial charge in [-0.05, 0) is 19.1 Å². The maximum atomic E-state index is 11.1. The molecule has 0 bridgehead atoms. The summed E-state index contributed by atoms with van der Waals surface area (Å²) < 4.78 is 0. The van der Waals surface area contributed by atoms with Crippen molar-refractivity contribution >= 4 is 17.4 Å². The number of rotatable bonds is 2. The number of ketones is 1. The Kier molecular flexibility index (Phi) is 19.4. The molecule has 1 aromatic carbocycles. The highest BCUT2D eigenvalue weighted by Crippen LogP contribution is 2.14. The van der Waals surface area contributed by atoms with E-state index >= 15 is 0 Å². The van der Waals surface area contributed by atoms with E-state index in [9.17, 15) is 9.59 Å². The standard InChI is InChI=1S/C10H11NO2.3C2H6/c1-7(12)9-5-3-4-6-10(9)11-8(2)13;3*1-2/h3-6H,1-2H3,(H,11,13);3*1-2H3. The van der Waals surface area contributed by atoms with Crippen LogP contribution in [0, 0.1) is 0 Å². The van der Waals surface area contributed by atoms with Crippen LogP contribution in [0.4, 0.5) is 5.69 Å². The van der Waals surface area contributed by atoms with Crippen molar-refractivity contribution in [1.82, 2.24) is 0 Å². The van der Waals surface area contributed by atoms with Gasteiger partial charge in [-0.15, -0.1) is 0 Å². The number of amides is 1. The number of para-hydroxylation sites is 1. The first-order valence-corrected chi connectivity index (χ1v) is 6.99. The largest absolute Gasteiger partial charge is 0.326 e. The zero-order chi connectivity index (χ0) is 15.8. The topological polar surface area (TPSA) is 46.2 Å². The number of Topliss-reactive ketones (excluding diaryl/α,β-unsaturated/α-hetero) is 1. The van der Waals surface area contributed by atoms with Gasteiger partial charge in [0.1, 0.15) is 0 Å². The van der Waals surface area contributed by atoms with Gasteiger partial charge in [-0.1, -0.05) is 53.7 Å². The molecule has 19 heavy (non-hydrogen) atoms. The van der Waals surface area contributed by atoms with Crippen LogP contribution < -0.4 is 5.32 Å². The Morgan fingerprint density at radius 3 is 1.63 bits per heavy atom. The van der Waals surface area contributed by atoms with Crippen LogP contribution in [0.2, 0.25) is 0 Å². The number of hydrogen-bond acceptors (Lipinski definition) is 2. The van der Waals surface area contributed by atoms with Gasteiger partial charge in [-0.3, -0.25) is 9.59 Å². The zero-order valence-electron chi connectivity index (χ0n) is 13.6. The van der Waals surface area contributed by atoms with E-state index in [1.165, 1.54) is 13.8 Å². The van der Waals surface area contributed by atoms with Crippen molar-refractivity contribution in [3.63, 3.8) is 0 Å². The minimum atomic E-state index is -0.172. The molecule has 0 fully saturated rings. The first-order chi connectivity index (χ1) is 9.11. The Morgan fingerprint density at radius 2 is 1.26 bits per heavy atom. The summed E-state index contributed by atoms with van der Waals surface area (Å²) >= 11 is 0. The highest BCUT2D eigenvalue weighted by molar-refractivity contribution is 6.03. The summed E-state index contributed by atoms with van der Waals surface area (Å²) in [5.41, 5.74) is 1.11. The molecule has 0 aliphatic heterocycles. The minimum absolute atomic E-state index is 0.0515. The zero-order valence-corrected chi connectivity index (χ0v) is 13.6. The molecule has 1 aromatic rings. The van der Waals surface area contributed by atoms with Crippen molar-refractivity contribution in [2.45, 2.75) is 55.4 Å². The van der Waals surface area contributed by atoms with Crippen LogP contribution in [0.25, 0.3) is 0 Å². The van der Waals surface area contributed by atoms with Gasteiger partial charge >= 0.3 is 0 Å². The molecule has 0 heterocycles. The quantitative estimate of drug-likeness (QED) is 0.772. The lowest BCUT2D eigenvalue weighted by molar-refractivity contribution is -0.114. The molecule has 0 saturated carbocycles. The third-order valence-corrected chi connectivity index (χ3v) is 1.62. The van der Waals surface area contributed by atoms with Gasteiger partial charge in [-0.2, -0.15) is 0 Å². The molecule has 0 saturated heterocycles. The fraction of sp³-hybridized carbons (Fsp3) is 0.500. The summed E-state index contributed by atoms with van der Waals surface area (Å²) in [6.07, 6.45) is 0. The third-order valence-electron chi connectivity index (χ3n) is 1.62. The fourth-order valence-electron chi connectivity index (χ4n) is 1.09. The lowest BCUT2D eigenvalue weighted by Crippen LogP contribution is -2.09. The number of anilines is 1. The molecule has 0 radical (unpaired) electrons. The number of carbonyl (C=O) groups is 2. The van der Waals surface area contributed by atoms with Crippen molar-refractivity contribution in [2.75, 3.05) is 5.32 Å². The molecule has 1 amide bonds. The minimum Gasteiger partial charge on any atom is -0.326 e. The van der Waals surface area contributed by atoms with Gasteiger partial charge in [0, 0.05) is 12.5 Å². The third kappa shape index (κ3) is 11.2. The van der Waals surface area contributed by atoms with Gasteiger partial charge in [0.2, 0.25) is 5.91 Å². The van der Waals surface area contributed by atoms with E-state index in [1.807, 2.05) is 41.5 Å². The smallest absolute Gasteiger partial charge is 0.221 e. The van der Waals surface area contributed by atoms with Gasteiger partial charge in [0.15, 0.2) is 5.78 Å². The van der Waals surface area contributed by atoms with Crippen molar-refractivity contribution in [2.24, 2.45) is 0 Å². The van der Waals surface area contributed by atoms with Crippen molar-refractivity contribution < 1.29 is 9.59 Å². The maximum absolute atomic E-state index is 11.1. The molecule has 0 spiro atoms. The predicted molar refractivity (Wildman–Crippen MR) is 84.8 cm³/mol. The Morgan fingerprint density at radius 1 is 0.842 bits per heavy atom. The lowest BCUT2D eigenvalue weighted by atomic mass is 10.1. The molecule has 1 rings (SSSR count). The Labute approximate surface area is 118 Å². The maximum Gasteiger partial charge on any atom is 0.221 e. The Bertz CT molecular complexity index is 346. The SMILES string of the molecule is CC.CC.CC.CC(=O)Nc1ccccc1C(C)=O. The molecule has 1 N–H and O–H groups in total. The van der Waals surface area contributed by atoms with Crippen LogP contribution in [0.3, 0.4) is 0 Å². The van der Waals surface area contributed by atoms with Gasteiger partial charge in [0.05, 0.1) is 5.69 Å². The molecule has 0 unspecified atom stereocenters. The second-order valence-electron chi connectivity index (χ2n) is 2.78. The van der Waals surface area contributed by atoms with Gasteiger partial charge in [0.25, 0.3) is 0 Å². The van der Waals surface area contributed by atoms with Gasteiger partial charge in [-0.25, -0.2) is 0 Å². The summed E-state index contributed by atoms with van der Waals surface area (Å²) in [5.74, 6) is -0.224. The molecule has 110 valence electrons. The normalized spacial score (nSPS) is 7.37. The first-order valence-electron chi connectivity index (χ1n) is 6.99. The van der Waals surface area contributed by atoms with Crippen LogP contribution in [-0.2, 0) is 4.79 Å². The Hall–Kier alpha value is -1.64. The molecular formula is C16H29NO2. The van der Waals surface area contributed by atoms with Crippen LogP contribution in [-0.4, -0.2) is 11.7 Å². The van der Waals surface area contributed by atoms with Crippen LogP contribution >= 0.6 is 0 Å². The summed E-state index contributed by atoms with van der Waals surface area (Å²) in [6, 6.07) is 6.94. The number of nitrogens with one attached hydrogen (secondary N) is 1. The highest BCUT2D eigenvalue weighted by atomic mass is 16.1. The van der Waals surface area contributed by atoms with E-state index < -0.39 is 0 Å². The first kappa shape index (κ1) is 22.5. The average molecular weight is 267 g/mol. The molecule has 0 aliphatic rings. The number of carbonyl (C=O) groups excluding carboxylic acids is 2. The van der Waals surface area contributed by atoms with E-state index in [0.29, 0.717) is 11.3 Å². The van der Waals surface area contributed by atoms with Crippen LogP contribution in [0.1, 0.15) is 65.7 Å². The summed E-state index contributed by atoms with van der Waals surface area (Å²) in [7, 11) is 0. The van der Waals surface area contributed by atoms with E-state index in [1.54, 1.807) is 24.3 Å². The number of benzene rings is 1. The summed E-state index contributed by atoms with van der Waals surface area (Å²) in [4.78, 5) is 21.9. The highest BCUT2D eigenvalue weighted by Gasteiger charge is 2.06. The van der Waals surface area contributed by atoms with E-state index in [2.05, 4.69) is 5.32 Å². The monoisotopic (exact) mass is 267 g/mol. The van der Waals surface area contributed by atoms with Crippen molar-refractivity contribution in [1.29, 1.82) is 0 Å². The molecule has 0 atom stereocenters. The second-order valence-corrected chi connectivity index (χ2v) is 2.78. The van der Waals surface area contributed by atoms with E-state index in [-0.39, 0.29) is 11.7 Å². The van der Waals surface area contributed by atoms with Gasteiger partial charge < -0.3 is 5.32 Å². The molecule has 3 nitrogen and oxygen atoms in total. The lowest BCUT2D eigenvalue weighted by Gasteiger charge is -2.05. The van der Waals surface area contributed by atoms with Crippen molar-refractivity contribution in [3.05, 3.63) is 29.8 Å². The summed E-state index contributed by atoms with van der Waals surface area (Å²) in [5, 5.41) is 2.59. The fourth-order valence-corrected chi connectivity index (χ4v) is 1.09. The summed E-state index contributed by atoms with van der Waals surface area (Å²) in [6.45, 7) is 14.9. The van der Waals surface area contributed by atoms with E-state index in [0.717, 1.165) is 0 Å². The van der Waals surface area contributed by atoms with Crippen molar-refractivity contribution in [3.8, 4) is 0 Å². The average Bonchev–Trinajstić information content (AvgIpc) is 2.45. The molecule has 0 aromatic heterocycles. The molecule has 0 aliphatic carbocycles. The van der Waals surface area contributed by atoms with Crippen LogP contribution in [0.5, 0.6) is 0 Å². The second kappa shape index (κ2) is 16.4. The van der Waals surface area contributed by atoms with E-state index in [4.69, 9.17) is 0 Å². The Balaban J connectivity index is -0.000000375.